The summed E-state index contributed by atoms with van der Waals surface area (Å²) in [4.78, 5) is 14.4. The van der Waals surface area contributed by atoms with Gasteiger partial charge in [0.1, 0.15) is 0 Å². The number of aliphatic hydroxyl groups excluding tert-OH is 1. The molecular weight excluding hydrogens is 316 g/mol. The Morgan fingerprint density at radius 2 is 1.76 bits per heavy atom. The molecule has 5 heteroatoms. The molecule has 0 bridgehead atoms. The molecule has 3 rings (SSSR count). The van der Waals surface area contributed by atoms with E-state index in [4.69, 9.17) is 4.74 Å². The molecule has 0 saturated carbocycles. The Balaban J connectivity index is 1.48. The number of nitrogens with zero attached hydrogens (tertiary/aromatic N) is 1. The summed E-state index contributed by atoms with van der Waals surface area (Å²) in [6, 6.07) is 10.0. The number of rotatable bonds is 3. The molecule has 2 heterocycles. The minimum Gasteiger partial charge on any atom is -0.388 e. The molecule has 2 aliphatic rings. The molecule has 0 aromatic heterocycles. The van der Waals surface area contributed by atoms with Gasteiger partial charge in [0.15, 0.2) is 0 Å². The Morgan fingerprint density at radius 3 is 2.36 bits per heavy atom. The van der Waals surface area contributed by atoms with Gasteiger partial charge in [0.2, 0.25) is 0 Å². The van der Waals surface area contributed by atoms with Crippen molar-refractivity contribution in [3.8, 4) is 0 Å². The number of ether oxygens (including phenoxy) is 1. The van der Waals surface area contributed by atoms with Gasteiger partial charge in [-0.1, -0.05) is 30.3 Å². The van der Waals surface area contributed by atoms with Gasteiger partial charge in [-0.2, -0.15) is 0 Å². The highest BCUT2D eigenvalue weighted by Gasteiger charge is 2.30. The second kappa shape index (κ2) is 8.19. The Kier molecular flexibility index (Phi) is 5.97. The fourth-order valence-electron chi connectivity index (χ4n) is 4.13. The van der Waals surface area contributed by atoms with Crippen LogP contribution in [0.15, 0.2) is 30.3 Å². The van der Waals surface area contributed by atoms with E-state index in [9.17, 15) is 9.90 Å². The second-order valence-electron chi connectivity index (χ2n) is 7.56. The number of nitrogens with one attached hydrogen (secondary N) is 1. The number of likely N-dealkylation sites (tertiary alicyclic amines) is 1. The minimum absolute atomic E-state index is 0.0268. The molecule has 0 spiro atoms. The number of carbonyl (C=O) groups is 1. The third kappa shape index (κ3) is 4.73. The molecule has 5 nitrogen and oxygen atoms in total. The number of hydrogen-bond donors (Lipinski definition) is 2. The second-order valence-corrected chi connectivity index (χ2v) is 7.56. The summed E-state index contributed by atoms with van der Waals surface area (Å²) in [6.45, 7) is 5.53. The van der Waals surface area contributed by atoms with E-state index in [-0.39, 0.29) is 30.2 Å². The van der Waals surface area contributed by atoms with E-state index in [0.29, 0.717) is 13.1 Å². The molecular formula is C20H30N2O3. The molecule has 3 atom stereocenters. The number of urea groups is 1. The van der Waals surface area contributed by atoms with Crippen molar-refractivity contribution < 1.29 is 14.6 Å². The number of carbonyl (C=O) groups excluding carboxylic acids is 1. The summed E-state index contributed by atoms with van der Waals surface area (Å²) in [7, 11) is 0. The number of amides is 2. The first-order chi connectivity index (χ1) is 12.0. The summed E-state index contributed by atoms with van der Waals surface area (Å²) in [6.07, 6.45) is 3.37. The number of aliphatic hydroxyl groups is 1. The van der Waals surface area contributed by atoms with Crippen LogP contribution in [0.25, 0.3) is 0 Å². The zero-order valence-corrected chi connectivity index (χ0v) is 15.2. The normalized spacial score (nSPS) is 29.2. The molecule has 2 N–H and O–H groups in total. The van der Waals surface area contributed by atoms with Gasteiger partial charge in [-0.05, 0) is 51.0 Å². The average molecular weight is 346 g/mol. The van der Waals surface area contributed by atoms with Crippen molar-refractivity contribution in [3.05, 3.63) is 35.9 Å². The first kappa shape index (κ1) is 18.2. The summed E-state index contributed by atoms with van der Waals surface area (Å²) in [5.41, 5.74) is 0.968. The maximum atomic E-state index is 12.5. The number of piperidine rings is 1. The zero-order valence-electron chi connectivity index (χ0n) is 15.2. The molecule has 138 valence electrons. The van der Waals surface area contributed by atoms with Gasteiger partial charge in [-0.3, -0.25) is 0 Å². The standard InChI is InChI=1S/C20H30N2O3/c1-14-12-18(13-15(2)25-14)21-20(24)22-10-8-17(9-11-22)19(23)16-6-4-3-5-7-16/h3-7,14-15,17-19,23H,8-13H2,1-2H3,(H,21,24). The van der Waals surface area contributed by atoms with Crippen molar-refractivity contribution in [3.63, 3.8) is 0 Å². The number of benzene rings is 1. The van der Waals surface area contributed by atoms with Crippen molar-refractivity contribution >= 4 is 6.03 Å². The minimum atomic E-state index is -0.441. The third-order valence-electron chi connectivity index (χ3n) is 5.44. The van der Waals surface area contributed by atoms with Crippen LogP contribution in [-0.2, 0) is 4.74 Å². The summed E-state index contributed by atoms with van der Waals surface area (Å²) >= 11 is 0. The van der Waals surface area contributed by atoms with Crippen LogP contribution in [0.3, 0.4) is 0 Å². The predicted octanol–water partition coefficient (Wildman–Crippen LogP) is 3.10. The first-order valence-corrected chi connectivity index (χ1v) is 9.47. The topological polar surface area (TPSA) is 61.8 Å². The van der Waals surface area contributed by atoms with Gasteiger partial charge < -0.3 is 20.1 Å². The Morgan fingerprint density at radius 1 is 1.16 bits per heavy atom. The van der Waals surface area contributed by atoms with Gasteiger partial charge in [0.05, 0.1) is 18.3 Å². The lowest BCUT2D eigenvalue weighted by atomic mass is 9.87. The van der Waals surface area contributed by atoms with Gasteiger partial charge >= 0.3 is 6.03 Å². The zero-order chi connectivity index (χ0) is 17.8. The van der Waals surface area contributed by atoms with E-state index in [1.807, 2.05) is 35.2 Å². The van der Waals surface area contributed by atoms with Crippen molar-refractivity contribution in [2.24, 2.45) is 5.92 Å². The van der Waals surface area contributed by atoms with E-state index in [2.05, 4.69) is 19.2 Å². The smallest absolute Gasteiger partial charge is 0.317 e. The van der Waals surface area contributed by atoms with Crippen LogP contribution in [0.2, 0.25) is 0 Å². The van der Waals surface area contributed by atoms with E-state index in [1.165, 1.54) is 0 Å². The monoisotopic (exact) mass is 346 g/mol. The first-order valence-electron chi connectivity index (χ1n) is 9.47. The molecule has 2 saturated heterocycles. The lowest BCUT2D eigenvalue weighted by Crippen LogP contribution is -2.51. The quantitative estimate of drug-likeness (QED) is 0.884. The van der Waals surface area contributed by atoms with Crippen LogP contribution >= 0.6 is 0 Å². The fourth-order valence-corrected chi connectivity index (χ4v) is 4.13. The van der Waals surface area contributed by atoms with Crippen molar-refractivity contribution in [2.75, 3.05) is 13.1 Å². The maximum Gasteiger partial charge on any atom is 0.317 e. The Labute approximate surface area is 150 Å². The summed E-state index contributed by atoms with van der Waals surface area (Å²) in [5, 5.41) is 13.7. The largest absolute Gasteiger partial charge is 0.388 e. The van der Waals surface area contributed by atoms with E-state index < -0.39 is 6.10 Å². The fraction of sp³-hybridized carbons (Fsp3) is 0.650. The predicted molar refractivity (Wildman–Crippen MR) is 97.3 cm³/mol. The van der Waals surface area contributed by atoms with Crippen molar-refractivity contribution in [1.29, 1.82) is 0 Å². The van der Waals surface area contributed by atoms with Gasteiger partial charge in [-0.25, -0.2) is 4.79 Å². The highest BCUT2D eigenvalue weighted by molar-refractivity contribution is 5.74. The van der Waals surface area contributed by atoms with Gasteiger partial charge in [0.25, 0.3) is 0 Å². The van der Waals surface area contributed by atoms with E-state index in [1.54, 1.807) is 0 Å². The Bertz CT molecular complexity index is 547. The van der Waals surface area contributed by atoms with Crippen LogP contribution in [0.5, 0.6) is 0 Å². The van der Waals surface area contributed by atoms with Crippen LogP contribution in [0.1, 0.15) is 51.2 Å². The molecule has 2 amide bonds. The maximum absolute atomic E-state index is 12.5. The van der Waals surface area contributed by atoms with Crippen molar-refractivity contribution in [2.45, 2.75) is 63.9 Å². The van der Waals surface area contributed by atoms with Gasteiger partial charge in [0, 0.05) is 19.1 Å². The molecule has 3 unspecified atom stereocenters. The summed E-state index contributed by atoms with van der Waals surface area (Å²) < 4.78 is 5.73. The summed E-state index contributed by atoms with van der Waals surface area (Å²) in [5.74, 6) is 0.217. The van der Waals surface area contributed by atoms with Crippen molar-refractivity contribution in [1.82, 2.24) is 10.2 Å². The molecule has 2 fully saturated rings. The Hall–Kier alpha value is -1.59. The lowest BCUT2D eigenvalue weighted by Gasteiger charge is -2.37. The van der Waals surface area contributed by atoms with Crippen LogP contribution in [0.4, 0.5) is 4.79 Å². The third-order valence-corrected chi connectivity index (χ3v) is 5.44. The molecule has 0 aliphatic carbocycles. The number of hydrogen-bond acceptors (Lipinski definition) is 3. The molecule has 1 aromatic carbocycles. The van der Waals surface area contributed by atoms with E-state index in [0.717, 1.165) is 31.2 Å². The average Bonchev–Trinajstić information content (AvgIpc) is 2.61. The molecule has 2 aliphatic heterocycles. The van der Waals surface area contributed by atoms with Crippen LogP contribution in [-0.4, -0.2) is 47.4 Å². The van der Waals surface area contributed by atoms with Gasteiger partial charge in [-0.15, -0.1) is 0 Å². The molecule has 25 heavy (non-hydrogen) atoms. The highest BCUT2D eigenvalue weighted by atomic mass is 16.5. The lowest BCUT2D eigenvalue weighted by molar-refractivity contribution is -0.0409. The van der Waals surface area contributed by atoms with Crippen LogP contribution < -0.4 is 5.32 Å². The molecule has 1 aromatic rings. The SMILES string of the molecule is CC1CC(NC(=O)N2CCC(C(O)c3ccccc3)CC2)CC(C)O1. The van der Waals surface area contributed by atoms with Crippen LogP contribution in [0, 0.1) is 5.92 Å². The molecule has 0 radical (unpaired) electrons. The van der Waals surface area contributed by atoms with E-state index >= 15 is 0 Å². The highest BCUT2D eigenvalue weighted by Crippen LogP contribution is 2.30.